The number of para-hydroxylation sites is 1. The fourth-order valence-corrected chi connectivity index (χ4v) is 6.24. The zero-order chi connectivity index (χ0) is 29.9. The molecule has 0 heterocycles. The molecule has 1 amide bonds. The lowest BCUT2D eigenvalue weighted by Crippen LogP contribution is -2.49. The Morgan fingerprint density at radius 1 is 1.17 bits per heavy atom. The maximum atomic E-state index is 13.0. The Morgan fingerprint density at radius 3 is 2.49 bits per heavy atom. The standard InChI is InChI=1S/C29H39ClN6O4S/c1-21(30)19-22(2)35-28(31)32-17-18-34-41(38,39)36-24-13-15-29(16-14-24,23-9-5-4-6-10-23)20-33-27(37)25-11-7-8-12-26(25)40-3/h4-12,19,24,34,36H,1,13-18,20H2,2-3H3,(H,33,37)(H3,31,32,35)/b22-19-. The van der Waals surface area contributed by atoms with E-state index in [0.717, 1.165) is 5.56 Å². The van der Waals surface area contributed by atoms with Crippen molar-refractivity contribution in [2.75, 3.05) is 26.7 Å². The molecule has 0 saturated heterocycles. The second-order valence-corrected chi connectivity index (χ2v) is 12.0. The van der Waals surface area contributed by atoms with Crippen LogP contribution in [0.15, 0.2) is 83.0 Å². The van der Waals surface area contributed by atoms with Gasteiger partial charge in [0.15, 0.2) is 5.96 Å². The number of hydrogen-bond acceptors (Lipinski definition) is 5. The fourth-order valence-electron chi connectivity index (χ4n) is 4.95. The minimum absolute atomic E-state index is 0.0817. The first kappa shape index (κ1) is 32.1. The number of allylic oxidation sites excluding steroid dienone is 3. The smallest absolute Gasteiger partial charge is 0.277 e. The lowest BCUT2D eigenvalue weighted by molar-refractivity contribution is 0.0932. The molecular weight excluding hydrogens is 564 g/mol. The third-order valence-electron chi connectivity index (χ3n) is 6.97. The molecule has 12 heteroatoms. The first-order chi connectivity index (χ1) is 19.5. The molecule has 2 aromatic rings. The number of guanidine groups is 1. The van der Waals surface area contributed by atoms with Crippen LogP contribution in [0.3, 0.4) is 0 Å². The number of aliphatic imine (C=N–C) groups is 1. The van der Waals surface area contributed by atoms with Crippen LogP contribution in [-0.2, 0) is 15.6 Å². The van der Waals surface area contributed by atoms with E-state index in [1.54, 1.807) is 31.2 Å². The fraction of sp³-hybridized carbons (Fsp3) is 0.379. The van der Waals surface area contributed by atoms with Gasteiger partial charge >= 0.3 is 0 Å². The summed E-state index contributed by atoms with van der Waals surface area (Å²) in [5.41, 5.74) is 7.74. The van der Waals surface area contributed by atoms with E-state index in [2.05, 4.69) is 43.8 Å². The minimum atomic E-state index is -3.74. The van der Waals surface area contributed by atoms with Gasteiger partial charge in [-0.1, -0.05) is 60.6 Å². The van der Waals surface area contributed by atoms with Crippen molar-refractivity contribution in [3.63, 3.8) is 0 Å². The molecule has 1 saturated carbocycles. The largest absolute Gasteiger partial charge is 0.496 e. The van der Waals surface area contributed by atoms with E-state index in [1.807, 2.05) is 24.3 Å². The number of nitrogens with two attached hydrogens (primary N) is 1. The van der Waals surface area contributed by atoms with E-state index in [4.69, 9.17) is 22.1 Å². The van der Waals surface area contributed by atoms with Crippen LogP contribution in [0.4, 0.5) is 0 Å². The lowest BCUT2D eigenvalue weighted by Gasteiger charge is -2.41. The molecule has 0 atom stereocenters. The number of carbonyl (C=O) groups is 1. The molecule has 0 unspecified atom stereocenters. The van der Waals surface area contributed by atoms with Crippen LogP contribution in [0, 0.1) is 0 Å². The number of ether oxygens (including phenoxy) is 1. The summed E-state index contributed by atoms with van der Waals surface area (Å²) < 4.78 is 36.0. The van der Waals surface area contributed by atoms with Crippen molar-refractivity contribution in [1.82, 2.24) is 20.1 Å². The van der Waals surface area contributed by atoms with Gasteiger partial charge < -0.3 is 21.1 Å². The van der Waals surface area contributed by atoms with E-state index >= 15 is 0 Å². The van der Waals surface area contributed by atoms with E-state index in [9.17, 15) is 13.2 Å². The summed E-state index contributed by atoms with van der Waals surface area (Å²) in [5, 5.41) is 6.29. The molecule has 0 aromatic heterocycles. The number of methoxy groups -OCH3 is 1. The Hall–Kier alpha value is -3.38. The van der Waals surface area contributed by atoms with Gasteiger partial charge in [-0.25, -0.2) is 4.72 Å². The van der Waals surface area contributed by atoms with Crippen molar-refractivity contribution in [1.29, 1.82) is 0 Å². The second-order valence-electron chi connectivity index (χ2n) is 9.99. The average molecular weight is 603 g/mol. The average Bonchev–Trinajstić information content (AvgIpc) is 2.94. The molecular formula is C29H39ClN6O4S. The molecule has 0 bridgehead atoms. The van der Waals surface area contributed by atoms with Crippen LogP contribution in [0.25, 0.3) is 0 Å². The normalized spacial score (nSPS) is 19.8. The zero-order valence-corrected chi connectivity index (χ0v) is 25.0. The van der Waals surface area contributed by atoms with E-state index in [0.29, 0.717) is 54.3 Å². The number of nitrogens with zero attached hydrogens (tertiary/aromatic N) is 1. The Labute approximate surface area is 247 Å². The predicted octanol–water partition coefficient (Wildman–Crippen LogP) is 3.29. The predicted molar refractivity (Wildman–Crippen MR) is 164 cm³/mol. The summed E-state index contributed by atoms with van der Waals surface area (Å²) in [4.78, 5) is 17.1. The van der Waals surface area contributed by atoms with Crippen LogP contribution >= 0.6 is 11.6 Å². The van der Waals surface area contributed by atoms with Gasteiger partial charge in [0, 0.05) is 35.3 Å². The molecule has 3 rings (SSSR count). The number of amides is 1. The van der Waals surface area contributed by atoms with Gasteiger partial charge in [0.1, 0.15) is 5.75 Å². The number of halogens is 1. The molecule has 0 radical (unpaired) electrons. The first-order valence-electron chi connectivity index (χ1n) is 13.4. The van der Waals surface area contributed by atoms with E-state index in [1.165, 1.54) is 7.11 Å². The maximum Gasteiger partial charge on any atom is 0.277 e. The molecule has 10 nitrogen and oxygen atoms in total. The van der Waals surface area contributed by atoms with Gasteiger partial charge in [-0.3, -0.25) is 9.79 Å². The third-order valence-corrected chi connectivity index (χ3v) is 8.31. The topological polar surface area (TPSA) is 147 Å². The summed E-state index contributed by atoms with van der Waals surface area (Å²) in [6.45, 7) is 5.99. The van der Waals surface area contributed by atoms with Crippen molar-refractivity contribution < 1.29 is 17.9 Å². The van der Waals surface area contributed by atoms with Crippen LogP contribution in [0.2, 0.25) is 0 Å². The highest BCUT2D eigenvalue weighted by molar-refractivity contribution is 7.87. The van der Waals surface area contributed by atoms with Crippen molar-refractivity contribution in [2.24, 2.45) is 10.7 Å². The maximum absolute atomic E-state index is 13.0. The van der Waals surface area contributed by atoms with E-state index in [-0.39, 0.29) is 36.4 Å². The molecule has 41 heavy (non-hydrogen) atoms. The molecule has 222 valence electrons. The monoisotopic (exact) mass is 602 g/mol. The summed E-state index contributed by atoms with van der Waals surface area (Å²) in [5.74, 6) is 0.448. The van der Waals surface area contributed by atoms with Crippen molar-refractivity contribution in [3.05, 3.63) is 89.1 Å². The van der Waals surface area contributed by atoms with Crippen molar-refractivity contribution in [2.45, 2.75) is 44.1 Å². The second kappa shape index (κ2) is 15.0. The van der Waals surface area contributed by atoms with Crippen molar-refractivity contribution >= 4 is 33.7 Å². The number of nitrogens with one attached hydrogen (secondary N) is 4. The number of benzene rings is 2. The van der Waals surface area contributed by atoms with Crippen LogP contribution in [-0.4, -0.2) is 53.1 Å². The quantitative estimate of drug-likeness (QED) is 0.103. The van der Waals surface area contributed by atoms with Gasteiger partial charge in [0.2, 0.25) is 0 Å². The van der Waals surface area contributed by atoms with Gasteiger partial charge in [-0.2, -0.15) is 13.1 Å². The number of hydrogen-bond donors (Lipinski definition) is 5. The van der Waals surface area contributed by atoms with Gasteiger partial charge in [-0.15, -0.1) is 0 Å². The Balaban J connectivity index is 1.56. The molecule has 1 aliphatic rings. The van der Waals surface area contributed by atoms with Gasteiger partial charge in [0.25, 0.3) is 16.1 Å². The van der Waals surface area contributed by atoms with Crippen molar-refractivity contribution in [3.8, 4) is 5.75 Å². The molecule has 0 spiro atoms. The summed E-state index contributed by atoms with van der Waals surface area (Å²) >= 11 is 5.73. The van der Waals surface area contributed by atoms with Gasteiger partial charge in [-0.05, 0) is 56.4 Å². The third kappa shape index (κ3) is 9.89. The van der Waals surface area contributed by atoms with Crippen LogP contribution < -0.4 is 30.5 Å². The number of carbonyl (C=O) groups excluding carboxylic acids is 1. The number of rotatable bonds is 13. The lowest BCUT2D eigenvalue weighted by atomic mass is 9.68. The highest BCUT2D eigenvalue weighted by Gasteiger charge is 2.38. The zero-order valence-electron chi connectivity index (χ0n) is 23.5. The highest BCUT2D eigenvalue weighted by Crippen LogP contribution is 2.39. The molecule has 6 N–H and O–H groups in total. The van der Waals surface area contributed by atoms with Gasteiger partial charge in [0.05, 0.1) is 19.2 Å². The van der Waals surface area contributed by atoms with Crippen LogP contribution in [0.1, 0.15) is 48.5 Å². The summed E-state index contributed by atoms with van der Waals surface area (Å²) in [6, 6.07) is 16.9. The summed E-state index contributed by atoms with van der Waals surface area (Å²) in [6.07, 6.45) is 4.23. The Bertz CT molecular complexity index is 1360. The Morgan fingerprint density at radius 2 is 1.83 bits per heavy atom. The summed E-state index contributed by atoms with van der Waals surface area (Å²) in [7, 11) is -2.21. The minimum Gasteiger partial charge on any atom is -0.496 e. The Kier molecular flexibility index (Phi) is 11.8. The molecule has 2 aromatic carbocycles. The van der Waals surface area contributed by atoms with E-state index < -0.39 is 10.2 Å². The van der Waals surface area contributed by atoms with Crippen LogP contribution in [0.5, 0.6) is 5.75 Å². The SMILES string of the molecule is C=C(Cl)/C=C(/C)NC(N)=NCCNS(=O)(=O)NC1CCC(CNC(=O)c2ccccc2OC)(c2ccccc2)CC1. The molecule has 1 aliphatic carbocycles. The highest BCUT2D eigenvalue weighted by atomic mass is 35.5. The molecule has 1 fully saturated rings. The first-order valence-corrected chi connectivity index (χ1v) is 15.2. The molecule has 0 aliphatic heterocycles.